The summed E-state index contributed by atoms with van der Waals surface area (Å²) in [5.41, 5.74) is 1.14. The number of carbonyl (C=O) groups is 1. The van der Waals surface area contributed by atoms with Gasteiger partial charge in [-0.05, 0) is 49.6 Å². The molecule has 0 aromatic heterocycles. The summed E-state index contributed by atoms with van der Waals surface area (Å²) in [4.78, 5) is 11.0. The van der Waals surface area contributed by atoms with Crippen LogP contribution in [0.3, 0.4) is 0 Å². The second-order valence-electron chi connectivity index (χ2n) is 4.96. The van der Waals surface area contributed by atoms with Crippen molar-refractivity contribution in [1.29, 1.82) is 0 Å². The summed E-state index contributed by atoms with van der Waals surface area (Å²) < 4.78 is 11.2. The number of hydrogen-bond donors (Lipinski definition) is 0. The van der Waals surface area contributed by atoms with Crippen molar-refractivity contribution in [3.63, 3.8) is 0 Å². The minimum Gasteiger partial charge on any atom is -0.493 e. The van der Waals surface area contributed by atoms with Crippen LogP contribution in [0, 0.1) is 0 Å². The lowest BCUT2D eigenvalue weighted by Gasteiger charge is -2.12. The predicted octanol–water partition coefficient (Wildman–Crippen LogP) is 4.40. The lowest BCUT2D eigenvalue weighted by Crippen LogP contribution is -1.95. The van der Waals surface area contributed by atoms with Crippen molar-refractivity contribution in [2.24, 2.45) is 0 Å². The summed E-state index contributed by atoms with van der Waals surface area (Å²) in [5, 5.41) is 0. The second-order valence-corrected chi connectivity index (χ2v) is 4.96. The van der Waals surface area contributed by atoms with Gasteiger partial charge in [0.1, 0.15) is 11.5 Å². The molecule has 0 unspecified atom stereocenters. The third kappa shape index (κ3) is 4.63. The van der Waals surface area contributed by atoms with E-state index in [1.165, 1.54) is 0 Å². The number of rotatable bonds is 7. The molecule has 0 aliphatic carbocycles. The predicted molar refractivity (Wildman–Crippen MR) is 83.1 cm³/mol. The fourth-order valence-electron chi connectivity index (χ4n) is 2.11. The topological polar surface area (TPSA) is 35.5 Å². The number of para-hydroxylation sites is 1. The molecule has 0 saturated heterocycles. The van der Waals surface area contributed by atoms with Crippen LogP contribution in [-0.2, 0) is 11.2 Å². The van der Waals surface area contributed by atoms with E-state index in [4.69, 9.17) is 9.47 Å². The summed E-state index contributed by atoms with van der Waals surface area (Å²) in [6.07, 6.45) is 2.32. The zero-order chi connectivity index (χ0) is 15.1. The van der Waals surface area contributed by atoms with Gasteiger partial charge in [-0.2, -0.15) is 0 Å². The highest BCUT2D eigenvalue weighted by atomic mass is 16.5. The second kappa shape index (κ2) is 7.48. The van der Waals surface area contributed by atoms with Gasteiger partial charge in [0.2, 0.25) is 0 Å². The summed E-state index contributed by atoms with van der Waals surface area (Å²) in [6.45, 7) is 1.62. The van der Waals surface area contributed by atoms with E-state index in [2.05, 4.69) is 0 Å². The van der Waals surface area contributed by atoms with E-state index in [0.29, 0.717) is 17.9 Å². The zero-order valence-corrected chi connectivity index (χ0v) is 12.5. The van der Waals surface area contributed by atoms with Gasteiger partial charge in [-0.25, -0.2) is 0 Å². The molecule has 0 atom stereocenters. The van der Waals surface area contributed by atoms with Crippen molar-refractivity contribution in [3.8, 4) is 17.2 Å². The maximum Gasteiger partial charge on any atom is 0.169 e. The molecule has 0 aliphatic heterocycles. The van der Waals surface area contributed by atoms with Crippen LogP contribution in [0.2, 0.25) is 0 Å². The van der Waals surface area contributed by atoms with Gasteiger partial charge >= 0.3 is 0 Å². The summed E-state index contributed by atoms with van der Waals surface area (Å²) in [5.74, 6) is 2.40. The quantitative estimate of drug-likeness (QED) is 0.756. The Bertz CT molecular complexity index is 591. The summed E-state index contributed by atoms with van der Waals surface area (Å²) in [7, 11) is 1.63. The Morgan fingerprint density at radius 2 is 1.81 bits per heavy atom. The first kappa shape index (κ1) is 15.1. The zero-order valence-electron chi connectivity index (χ0n) is 12.5. The molecule has 2 aromatic carbocycles. The number of methoxy groups -OCH3 is 1. The first-order valence-corrected chi connectivity index (χ1v) is 7.08. The van der Waals surface area contributed by atoms with Crippen molar-refractivity contribution in [2.75, 3.05) is 7.11 Å². The number of hydrogen-bond acceptors (Lipinski definition) is 3. The van der Waals surface area contributed by atoms with E-state index in [9.17, 15) is 4.79 Å². The minimum absolute atomic E-state index is 0.226. The smallest absolute Gasteiger partial charge is 0.169 e. The Balaban J connectivity index is 2.12. The van der Waals surface area contributed by atoms with Gasteiger partial charge in [0.05, 0.1) is 7.11 Å². The largest absolute Gasteiger partial charge is 0.493 e. The number of Topliss-reactive ketones (excluding diaryl/α,β-unsaturated/α-hetero) is 1. The van der Waals surface area contributed by atoms with Gasteiger partial charge < -0.3 is 14.3 Å². The van der Waals surface area contributed by atoms with E-state index < -0.39 is 0 Å². The van der Waals surface area contributed by atoms with Crippen molar-refractivity contribution < 1.29 is 14.3 Å². The van der Waals surface area contributed by atoms with Crippen LogP contribution in [0.15, 0.2) is 48.5 Å². The average Bonchev–Trinajstić information content (AvgIpc) is 2.48. The SMILES string of the molecule is COc1ccc(CCCC(C)=O)cc1Oc1ccccc1. The van der Waals surface area contributed by atoms with Crippen LogP contribution in [0.25, 0.3) is 0 Å². The minimum atomic E-state index is 0.226. The molecule has 0 bridgehead atoms. The molecule has 0 spiro atoms. The fourth-order valence-corrected chi connectivity index (χ4v) is 2.11. The van der Waals surface area contributed by atoms with Gasteiger partial charge in [0.15, 0.2) is 11.5 Å². The Morgan fingerprint density at radius 1 is 1.05 bits per heavy atom. The number of ether oxygens (including phenoxy) is 2. The maximum atomic E-state index is 11.0. The van der Waals surface area contributed by atoms with E-state index in [1.54, 1.807) is 14.0 Å². The van der Waals surface area contributed by atoms with E-state index in [0.717, 1.165) is 24.2 Å². The van der Waals surface area contributed by atoms with Crippen LogP contribution >= 0.6 is 0 Å². The highest BCUT2D eigenvalue weighted by Gasteiger charge is 2.07. The molecule has 2 aromatic rings. The van der Waals surface area contributed by atoms with Crippen LogP contribution in [0.1, 0.15) is 25.3 Å². The molecule has 0 heterocycles. The Hall–Kier alpha value is -2.29. The molecule has 0 saturated carbocycles. The lowest BCUT2D eigenvalue weighted by atomic mass is 10.1. The average molecular weight is 284 g/mol. The molecule has 3 heteroatoms. The van der Waals surface area contributed by atoms with E-state index in [1.807, 2.05) is 48.5 Å². The molecule has 2 rings (SSSR count). The van der Waals surface area contributed by atoms with Gasteiger partial charge in [-0.1, -0.05) is 24.3 Å². The lowest BCUT2D eigenvalue weighted by molar-refractivity contribution is -0.117. The highest BCUT2D eigenvalue weighted by molar-refractivity contribution is 5.75. The highest BCUT2D eigenvalue weighted by Crippen LogP contribution is 2.32. The Labute approximate surface area is 125 Å². The third-order valence-electron chi connectivity index (χ3n) is 3.19. The number of ketones is 1. The third-order valence-corrected chi connectivity index (χ3v) is 3.19. The van der Waals surface area contributed by atoms with Crippen LogP contribution in [0.5, 0.6) is 17.2 Å². The Morgan fingerprint density at radius 3 is 2.48 bits per heavy atom. The molecule has 3 nitrogen and oxygen atoms in total. The number of benzene rings is 2. The maximum absolute atomic E-state index is 11.0. The standard InChI is InChI=1S/C18H20O3/c1-14(19)7-6-8-15-11-12-17(20-2)18(13-15)21-16-9-4-3-5-10-16/h3-5,9-13H,6-8H2,1-2H3. The van der Waals surface area contributed by atoms with Crippen LogP contribution < -0.4 is 9.47 Å². The van der Waals surface area contributed by atoms with Crippen molar-refractivity contribution in [3.05, 3.63) is 54.1 Å². The first-order chi connectivity index (χ1) is 10.2. The van der Waals surface area contributed by atoms with Crippen LogP contribution in [0.4, 0.5) is 0 Å². The fraction of sp³-hybridized carbons (Fsp3) is 0.278. The molecule has 0 radical (unpaired) electrons. The first-order valence-electron chi connectivity index (χ1n) is 7.08. The van der Waals surface area contributed by atoms with Gasteiger partial charge in [0, 0.05) is 6.42 Å². The van der Waals surface area contributed by atoms with Crippen molar-refractivity contribution in [1.82, 2.24) is 0 Å². The Kier molecular flexibility index (Phi) is 5.38. The molecule has 0 amide bonds. The normalized spacial score (nSPS) is 10.2. The van der Waals surface area contributed by atoms with Crippen molar-refractivity contribution in [2.45, 2.75) is 26.2 Å². The van der Waals surface area contributed by atoms with Crippen molar-refractivity contribution >= 4 is 5.78 Å². The monoisotopic (exact) mass is 284 g/mol. The molecular weight excluding hydrogens is 264 g/mol. The van der Waals surface area contributed by atoms with E-state index >= 15 is 0 Å². The van der Waals surface area contributed by atoms with E-state index in [-0.39, 0.29) is 5.78 Å². The van der Waals surface area contributed by atoms with Gasteiger partial charge in [0.25, 0.3) is 0 Å². The van der Waals surface area contributed by atoms with Crippen LogP contribution in [-0.4, -0.2) is 12.9 Å². The molecule has 0 fully saturated rings. The summed E-state index contributed by atoms with van der Waals surface area (Å²) >= 11 is 0. The molecule has 0 aliphatic rings. The molecule has 21 heavy (non-hydrogen) atoms. The van der Waals surface area contributed by atoms with Gasteiger partial charge in [-0.3, -0.25) is 0 Å². The molecular formula is C18H20O3. The molecule has 0 N–H and O–H groups in total. The number of carbonyl (C=O) groups excluding carboxylic acids is 1. The number of aryl methyl sites for hydroxylation is 1. The van der Waals surface area contributed by atoms with Gasteiger partial charge in [-0.15, -0.1) is 0 Å². The summed E-state index contributed by atoms with van der Waals surface area (Å²) in [6, 6.07) is 15.5. The molecule has 110 valence electrons.